The van der Waals surface area contributed by atoms with Crippen LogP contribution in [0.2, 0.25) is 0 Å². The number of amides is 2. The summed E-state index contributed by atoms with van der Waals surface area (Å²) in [4.78, 5) is 26.2. The average Bonchev–Trinajstić information content (AvgIpc) is 3.44. The number of hydrogen-bond donors (Lipinski definition) is 2. The van der Waals surface area contributed by atoms with Crippen molar-refractivity contribution in [1.82, 2.24) is 10.2 Å². The van der Waals surface area contributed by atoms with E-state index in [1.54, 1.807) is 12.1 Å². The molecule has 0 saturated carbocycles. The van der Waals surface area contributed by atoms with E-state index in [-0.39, 0.29) is 17.5 Å². The smallest absolute Gasteiger partial charge is 0.319 e. The summed E-state index contributed by atoms with van der Waals surface area (Å²) in [5, 5.41) is 17.2. The maximum Gasteiger partial charge on any atom is 0.319 e. The third-order valence-electron chi connectivity index (χ3n) is 7.26. The van der Waals surface area contributed by atoms with Gasteiger partial charge < -0.3 is 10.6 Å². The Hall–Kier alpha value is -3.78. The average molecular weight is 489 g/mol. The van der Waals surface area contributed by atoms with Gasteiger partial charge in [-0.3, -0.25) is 15.0 Å². The fraction of sp³-hybridized carbons (Fsp3) is 0.321. The third-order valence-corrected chi connectivity index (χ3v) is 7.26. The number of nitro benzene ring substituents is 1. The van der Waals surface area contributed by atoms with Gasteiger partial charge in [0.25, 0.3) is 5.69 Å². The van der Waals surface area contributed by atoms with E-state index in [1.165, 1.54) is 35.4 Å². The molecule has 2 amide bonds. The van der Waals surface area contributed by atoms with Crippen molar-refractivity contribution < 1.29 is 14.1 Å². The van der Waals surface area contributed by atoms with E-state index in [9.17, 15) is 19.3 Å². The number of carbonyl (C=O) groups excluding carboxylic acids is 1. The van der Waals surface area contributed by atoms with Crippen molar-refractivity contribution in [2.24, 2.45) is 0 Å². The Kier molecular flexibility index (Phi) is 6.69. The molecule has 1 unspecified atom stereocenters. The van der Waals surface area contributed by atoms with E-state index in [1.807, 2.05) is 24.3 Å². The van der Waals surface area contributed by atoms with Gasteiger partial charge in [0.1, 0.15) is 5.82 Å². The number of nitrogens with zero attached hydrogens (tertiary/aromatic N) is 2. The van der Waals surface area contributed by atoms with Gasteiger partial charge in [-0.05, 0) is 73.5 Å². The molecular weight excluding hydrogens is 459 g/mol. The van der Waals surface area contributed by atoms with Gasteiger partial charge in [0.15, 0.2) is 0 Å². The Balaban J connectivity index is 1.33. The Bertz CT molecular complexity index is 1240. The largest absolute Gasteiger partial charge is 0.330 e. The summed E-state index contributed by atoms with van der Waals surface area (Å²) in [6.07, 6.45) is 4.40. The van der Waals surface area contributed by atoms with Crippen molar-refractivity contribution in [3.63, 3.8) is 0 Å². The van der Waals surface area contributed by atoms with E-state index in [4.69, 9.17) is 0 Å². The van der Waals surface area contributed by atoms with Crippen LogP contribution >= 0.6 is 0 Å². The number of likely N-dealkylation sites (tertiary alicyclic amines) is 1. The first kappa shape index (κ1) is 23.9. The molecule has 5 rings (SSSR count). The van der Waals surface area contributed by atoms with Crippen LogP contribution in [-0.4, -0.2) is 40.5 Å². The summed E-state index contributed by atoms with van der Waals surface area (Å²) in [6, 6.07) is 20.8. The van der Waals surface area contributed by atoms with E-state index >= 15 is 0 Å². The van der Waals surface area contributed by atoms with Crippen LogP contribution in [0.25, 0.3) is 0 Å². The first-order valence-electron chi connectivity index (χ1n) is 12.3. The summed E-state index contributed by atoms with van der Waals surface area (Å²) < 4.78 is 13.4. The van der Waals surface area contributed by atoms with Crippen LogP contribution in [-0.2, 0) is 19.3 Å². The lowest BCUT2D eigenvalue weighted by molar-refractivity contribution is -0.384. The Labute approximate surface area is 209 Å². The zero-order chi connectivity index (χ0) is 25.1. The third kappa shape index (κ3) is 5.39. The van der Waals surface area contributed by atoms with Crippen molar-refractivity contribution in [2.45, 2.75) is 43.7 Å². The second-order valence-corrected chi connectivity index (χ2v) is 9.89. The minimum Gasteiger partial charge on any atom is -0.330 e. The SMILES string of the molecule is O=C(Nc1cccc([N+](=O)[O-])c1)NC1(CN2CCCC2Cc2ccc(F)cc2)Cc2ccccc2C1. The molecule has 0 bridgehead atoms. The van der Waals surface area contributed by atoms with Gasteiger partial charge >= 0.3 is 6.03 Å². The topological polar surface area (TPSA) is 87.5 Å². The van der Waals surface area contributed by atoms with Gasteiger partial charge in [-0.2, -0.15) is 0 Å². The highest BCUT2D eigenvalue weighted by atomic mass is 19.1. The summed E-state index contributed by atoms with van der Waals surface area (Å²) in [7, 11) is 0. The molecule has 1 atom stereocenters. The number of anilines is 1. The monoisotopic (exact) mass is 488 g/mol. The molecule has 186 valence electrons. The van der Waals surface area contributed by atoms with Gasteiger partial charge in [0.05, 0.1) is 10.5 Å². The molecule has 3 aromatic carbocycles. The molecule has 1 aliphatic heterocycles. The van der Waals surface area contributed by atoms with E-state index < -0.39 is 10.5 Å². The summed E-state index contributed by atoms with van der Waals surface area (Å²) >= 11 is 0. The highest BCUT2D eigenvalue weighted by Crippen LogP contribution is 2.33. The van der Waals surface area contributed by atoms with Gasteiger partial charge in [0, 0.05) is 30.4 Å². The summed E-state index contributed by atoms with van der Waals surface area (Å²) in [6.45, 7) is 1.63. The number of carbonyl (C=O) groups is 1. The Morgan fingerprint density at radius 2 is 1.78 bits per heavy atom. The van der Waals surface area contributed by atoms with E-state index in [0.29, 0.717) is 31.1 Å². The lowest BCUT2D eigenvalue weighted by Gasteiger charge is -2.37. The number of benzene rings is 3. The number of urea groups is 1. The fourth-order valence-corrected chi connectivity index (χ4v) is 5.65. The van der Waals surface area contributed by atoms with E-state index in [0.717, 1.165) is 31.4 Å². The normalized spacial score (nSPS) is 18.5. The quantitative estimate of drug-likeness (QED) is 0.358. The minimum atomic E-state index is -0.500. The first-order chi connectivity index (χ1) is 17.4. The molecule has 0 aromatic heterocycles. The van der Waals surface area contributed by atoms with Gasteiger partial charge in [-0.25, -0.2) is 9.18 Å². The van der Waals surface area contributed by atoms with Crippen molar-refractivity contribution >= 4 is 17.4 Å². The van der Waals surface area contributed by atoms with Crippen molar-refractivity contribution in [1.29, 1.82) is 0 Å². The zero-order valence-electron chi connectivity index (χ0n) is 20.0. The second kappa shape index (κ2) is 10.1. The maximum absolute atomic E-state index is 13.4. The molecule has 36 heavy (non-hydrogen) atoms. The van der Waals surface area contributed by atoms with Crippen LogP contribution < -0.4 is 10.6 Å². The number of hydrogen-bond acceptors (Lipinski definition) is 4. The fourth-order valence-electron chi connectivity index (χ4n) is 5.65. The number of nitrogens with one attached hydrogen (secondary N) is 2. The molecule has 2 aliphatic rings. The van der Waals surface area contributed by atoms with Crippen molar-refractivity contribution in [3.05, 3.63) is 105 Å². The molecule has 0 radical (unpaired) electrons. The number of non-ortho nitro benzene ring substituents is 1. The molecule has 7 nitrogen and oxygen atoms in total. The van der Waals surface area contributed by atoms with Crippen molar-refractivity contribution in [2.75, 3.05) is 18.4 Å². The Morgan fingerprint density at radius 1 is 1.06 bits per heavy atom. The number of halogens is 1. The van der Waals surface area contributed by atoms with Gasteiger partial charge in [-0.1, -0.05) is 42.5 Å². The predicted octanol–water partition coefficient (Wildman–Crippen LogP) is 5.10. The first-order valence-corrected chi connectivity index (χ1v) is 12.3. The molecule has 1 heterocycles. The van der Waals surface area contributed by atoms with E-state index in [2.05, 4.69) is 27.7 Å². The number of rotatable bonds is 7. The molecule has 3 aromatic rings. The number of fused-ring (bicyclic) bond motifs is 1. The van der Waals surface area contributed by atoms with Crippen molar-refractivity contribution in [3.8, 4) is 0 Å². The van der Waals surface area contributed by atoms with Crippen LogP contribution in [0.5, 0.6) is 0 Å². The van der Waals surface area contributed by atoms with Gasteiger partial charge in [0.2, 0.25) is 0 Å². The number of nitro groups is 1. The van der Waals surface area contributed by atoms with Crippen LogP contribution in [0.15, 0.2) is 72.8 Å². The second-order valence-electron chi connectivity index (χ2n) is 9.89. The standard InChI is InChI=1S/C28H29FN4O3/c29-23-12-10-20(11-13-23)15-25-9-4-14-32(25)19-28(17-21-5-1-2-6-22(21)18-28)31-27(34)30-24-7-3-8-26(16-24)33(35)36/h1-3,5-8,10-13,16,25H,4,9,14-15,17-19H2,(H2,30,31,34). The molecule has 1 saturated heterocycles. The maximum atomic E-state index is 13.4. The summed E-state index contributed by atoms with van der Waals surface area (Å²) in [5.41, 5.74) is 3.36. The van der Waals surface area contributed by atoms with Crippen LogP contribution in [0.3, 0.4) is 0 Å². The highest BCUT2D eigenvalue weighted by molar-refractivity contribution is 5.90. The molecule has 0 spiro atoms. The van der Waals surface area contributed by atoms with Crippen LogP contribution in [0.4, 0.5) is 20.6 Å². The lowest BCUT2D eigenvalue weighted by Crippen LogP contribution is -2.58. The Morgan fingerprint density at radius 3 is 2.47 bits per heavy atom. The molecular formula is C28H29FN4O3. The molecule has 8 heteroatoms. The van der Waals surface area contributed by atoms with Crippen LogP contribution in [0, 0.1) is 15.9 Å². The molecule has 2 N–H and O–H groups in total. The lowest BCUT2D eigenvalue weighted by atomic mass is 9.93. The minimum absolute atomic E-state index is 0.0727. The zero-order valence-corrected chi connectivity index (χ0v) is 20.0. The predicted molar refractivity (Wildman–Crippen MR) is 137 cm³/mol. The molecule has 1 fully saturated rings. The highest BCUT2D eigenvalue weighted by Gasteiger charge is 2.42. The molecule has 1 aliphatic carbocycles. The summed E-state index contributed by atoms with van der Waals surface area (Å²) in [5.74, 6) is -0.233. The van der Waals surface area contributed by atoms with Gasteiger partial charge in [-0.15, -0.1) is 0 Å². The van der Waals surface area contributed by atoms with Crippen LogP contribution in [0.1, 0.15) is 29.5 Å².